The molecule has 5 nitrogen and oxygen atoms in total. The van der Waals surface area contributed by atoms with E-state index in [-0.39, 0.29) is 5.69 Å². The van der Waals surface area contributed by atoms with E-state index in [9.17, 15) is 10.1 Å². The molecule has 1 heterocycles. The van der Waals surface area contributed by atoms with Crippen molar-refractivity contribution in [2.45, 2.75) is 0 Å². The summed E-state index contributed by atoms with van der Waals surface area (Å²) in [5.41, 5.74) is 2.34. The second-order valence-electron chi connectivity index (χ2n) is 4.07. The summed E-state index contributed by atoms with van der Waals surface area (Å²) in [5, 5.41) is 19.2. The lowest BCUT2D eigenvalue weighted by atomic mass is 10.1. The third kappa shape index (κ3) is 2.04. The van der Waals surface area contributed by atoms with E-state index < -0.39 is 4.92 Å². The van der Waals surface area contributed by atoms with E-state index in [1.807, 2.05) is 12.1 Å². The summed E-state index contributed by atoms with van der Waals surface area (Å²) in [4.78, 5) is 10.4. The van der Waals surface area contributed by atoms with Crippen LogP contribution in [0.3, 0.4) is 0 Å². The number of aromatic nitrogens is 2. The third-order valence-corrected chi connectivity index (χ3v) is 3.13. The molecule has 19 heavy (non-hydrogen) atoms. The van der Waals surface area contributed by atoms with Crippen molar-refractivity contribution in [3.63, 3.8) is 0 Å². The van der Waals surface area contributed by atoms with E-state index in [4.69, 9.17) is 11.6 Å². The summed E-state index contributed by atoms with van der Waals surface area (Å²) in [6.07, 6.45) is 0. The Labute approximate surface area is 113 Å². The Morgan fingerprint density at radius 2 is 1.89 bits per heavy atom. The highest BCUT2D eigenvalue weighted by Crippen LogP contribution is 2.29. The molecule has 6 heteroatoms. The minimum absolute atomic E-state index is 0.0455. The van der Waals surface area contributed by atoms with Gasteiger partial charge >= 0.3 is 0 Å². The molecule has 0 spiro atoms. The highest BCUT2D eigenvalue weighted by molar-refractivity contribution is 6.30. The SMILES string of the molecule is O=[N+]([O-])c1ccc2[nH]nc(-c3ccc(Cl)cc3)c2c1. The molecule has 0 aliphatic rings. The van der Waals surface area contributed by atoms with Crippen LogP contribution >= 0.6 is 11.6 Å². The number of rotatable bonds is 2. The summed E-state index contributed by atoms with van der Waals surface area (Å²) in [6.45, 7) is 0. The predicted molar refractivity (Wildman–Crippen MR) is 73.2 cm³/mol. The van der Waals surface area contributed by atoms with Crippen molar-refractivity contribution in [2.75, 3.05) is 0 Å². The van der Waals surface area contributed by atoms with Gasteiger partial charge in [-0.1, -0.05) is 23.7 Å². The Kier molecular flexibility index (Phi) is 2.68. The molecule has 3 aromatic rings. The number of benzene rings is 2. The maximum atomic E-state index is 10.8. The number of halogens is 1. The van der Waals surface area contributed by atoms with Crippen LogP contribution in [0.5, 0.6) is 0 Å². The average Bonchev–Trinajstić information content (AvgIpc) is 2.82. The van der Waals surface area contributed by atoms with Gasteiger partial charge in [0.05, 0.1) is 10.4 Å². The number of H-pyrrole nitrogens is 1. The molecule has 0 aliphatic heterocycles. The number of nitrogens with one attached hydrogen (secondary N) is 1. The Morgan fingerprint density at radius 3 is 2.58 bits per heavy atom. The topological polar surface area (TPSA) is 71.8 Å². The molecule has 0 saturated carbocycles. The first-order valence-corrected chi connectivity index (χ1v) is 5.91. The maximum Gasteiger partial charge on any atom is 0.270 e. The van der Waals surface area contributed by atoms with E-state index in [0.717, 1.165) is 16.5 Å². The van der Waals surface area contributed by atoms with Gasteiger partial charge in [-0.15, -0.1) is 0 Å². The summed E-state index contributed by atoms with van der Waals surface area (Å²) in [6, 6.07) is 11.8. The molecular weight excluding hydrogens is 266 g/mol. The standard InChI is InChI=1S/C13H8ClN3O2/c14-9-3-1-8(2-4-9)13-11-7-10(17(18)19)5-6-12(11)15-16-13/h1-7H,(H,15,16). The van der Waals surface area contributed by atoms with E-state index in [1.165, 1.54) is 12.1 Å². The van der Waals surface area contributed by atoms with Gasteiger partial charge in [0.2, 0.25) is 0 Å². The molecule has 0 radical (unpaired) electrons. The van der Waals surface area contributed by atoms with Crippen LogP contribution in [0.4, 0.5) is 5.69 Å². The zero-order valence-electron chi connectivity index (χ0n) is 9.63. The zero-order chi connectivity index (χ0) is 13.4. The van der Waals surface area contributed by atoms with Gasteiger partial charge in [-0.3, -0.25) is 15.2 Å². The Bertz CT molecular complexity index is 765. The molecule has 1 aromatic heterocycles. The van der Waals surface area contributed by atoms with Crippen molar-refractivity contribution in [2.24, 2.45) is 0 Å². The van der Waals surface area contributed by atoms with Crippen LogP contribution in [0.15, 0.2) is 42.5 Å². The monoisotopic (exact) mass is 273 g/mol. The minimum Gasteiger partial charge on any atom is -0.277 e. The first kappa shape index (κ1) is 11.7. The van der Waals surface area contributed by atoms with E-state index >= 15 is 0 Å². The maximum absolute atomic E-state index is 10.8. The normalized spacial score (nSPS) is 10.8. The van der Waals surface area contributed by atoms with Crippen molar-refractivity contribution < 1.29 is 4.92 Å². The molecule has 94 valence electrons. The van der Waals surface area contributed by atoms with Gasteiger partial charge in [-0.25, -0.2) is 0 Å². The van der Waals surface area contributed by atoms with Crippen LogP contribution in [-0.4, -0.2) is 15.1 Å². The van der Waals surface area contributed by atoms with Crippen LogP contribution in [0, 0.1) is 10.1 Å². The number of nitro groups is 1. The van der Waals surface area contributed by atoms with Gasteiger partial charge in [0.1, 0.15) is 5.69 Å². The quantitative estimate of drug-likeness (QED) is 0.570. The second kappa shape index (κ2) is 4.37. The van der Waals surface area contributed by atoms with E-state index in [1.54, 1.807) is 18.2 Å². The van der Waals surface area contributed by atoms with Crippen LogP contribution in [0.1, 0.15) is 0 Å². The molecule has 0 fully saturated rings. The van der Waals surface area contributed by atoms with Gasteiger partial charge < -0.3 is 0 Å². The summed E-state index contributed by atoms with van der Waals surface area (Å²) < 4.78 is 0. The van der Waals surface area contributed by atoms with Crippen LogP contribution in [0.25, 0.3) is 22.2 Å². The van der Waals surface area contributed by atoms with Crippen molar-refractivity contribution in [1.29, 1.82) is 0 Å². The molecule has 0 bridgehead atoms. The fraction of sp³-hybridized carbons (Fsp3) is 0. The molecular formula is C13H8ClN3O2. The first-order chi connectivity index (χ1) is 9.15. The Hall–Kier alpha value is -2.40. The zero-order valence-corrected chi connectivity index (χ0v) is 10.4. The largest absolute Gasteiger partial charge is 0.277 e. The molecule has 0 saturated heterocycles. The fourth-order valence-electron chi connectivity index (χ4n) is 1.94. The van der Waals surface area contributed by atoms with Crippen molar-refractivity contribution >= 4 is 28.2 Å². The van der Waals surface area contributed by atoms with Gasteiger partial charge in [0, 0.05) is 28.1 Å². The van der Waals surface area contributed by atoms with Crippen LogP contribution in [0.2, 0.25) is 5.02 Å². The van der Waals surface area contributed by atoms with Gasteiger partial charge in [0.15, 0.2) is 0 Å². The smallest absolute Gasteiger partial charge is 0.270 e. The number of hydrogen-bond donors (Lipinski definition) is 1. The lowest BCUT2D eigenvalue weighted by molar-refractivity contribution is -0.384. The van der Waals surface area contributed by atoms with Gasteiger partial charge in [-0.2, -0.15) is 5.10 Å². The molecule has 0 aliphatic carbocycles. The molecule has 0 atom stereocenters. The average molecular weight is 274 g/mol. The van der Waals surface area contributed by atoms with E-state index in [2.05, 4.69) is 10.2 Å². The molecule has 0 unspecified atom stereocenters. The van der Waals surface area contributed by atoms with Crippen molar-refractivity contribution in [1.82, 2.24) is 10.2 Å². The Balaban J connectivity index is 2.21. The number of nitro benzene ring substituents is 1. The summed E-state index contributed by atoms with van der Waals surface area (Å²) in [5.74, 6) is 0. The third-order valence-electron chi connectivity index (χ3n) is 2.87. The van der Waals surface area contributed by atoms with Crippen molar-refractivity contribution in [3.05, 3.63) is 57.6 Å². The summed E-state index contributed by atoms with van der Waals surface area (Å²) in [7, 11) is 0. The van der Waals surface area contributed by atoms with Crippen LogP contribution < -0.4 is 0 Å². The predicted octanol–water partition coefficient (Wildman–Crippen LogP) is 3.79. The number of aromatic amines is 1. The summed E-state index contributed by atoms with van der Waals surface area (Å²) >= 11 is 5.84. The molecule has 2 aromatic carbocycles. The number of hydrogen-bond acceptors (Lipinski definition) is 3. The Morgan fingerprint density at radius 1 is 1.16 bits per heavy atom. The number of non-ortho nitro benzene ring substituents is 1. The van der Waals surface area contributed by atoms with E-state index in [0.29, 0.717) is 10.7 Å². The highest BCUT2D eigenvalue weighted by Gasteiger charge is 2.12. The minimum atomic E-state index is -0.419. The lowest BCUT2D eigenvalue weighted by Crippen LogP contribution is -1.87. The second-order valence-corrected chi connectivity index (χ2v) is 4.50. The molecule has 0 amide bonds. The molecule has 3 rings (SSSR count). The highest BCUT2D eigenvalue weighted by atomic mass is 35.5. The number of fused-ring (bicyclic) bond motifs is 1. The van der Waals surface area contributed by atoms with Crippen molar-refractivity contribution in [3.8, 4) is 11.3 Å². The molecule has 1 N–H and O–H groups in total. The van der Waals surface area contributed by atoms with Gasteiger partial charge in [-0.05, 0) is 18.2 Å². The lowest BCUT2D eigenvalue weighted by Gasteiger charge is -1.98. The van der Waals surface area contributed by atoms with Gasteiger partial charge in [0.25, 0.3) is 5.69 Å². The first-order valence-electron chi connectivity index (χ1n) is 5.53. The van der Waals surface area contributed by atoms with Crippen LogP contribution in [-0.2, 0) is 0 Å². The fourth-order valence-corrected chi connectivity index (χ4v) is 2.07. The number of nitrogens with zero attached hydrogens (tertiary/aromatic N) is 2.